The molecule has 1 aliphatic heterocycles. The van der Waals surface area contributed by atoms with Crippen molar-refractivity contribution in [1.29, 1.82) is 0 Å². The molecule has 0 spiro atoms. The maximum Gasteiger partial charge on any atom is 0.346 e. The predicted molar refractivity (Wildman–Crippen MR) is 106 cm³/mol. The number of methoxy groups -OCH3 is 1. The molecule has 1 unspecified atom stereocenters. The fourth-order valence-electron chi connectivity index (χ4n) is 3.51. The van der Waals surface area contributed by atoms with E-state index in [1.165, 1.54) is 16.8 Å². The Morgan fingerprint density at radius 1 is 1.34 bits per heavy atom. The first-order chi connectivity index (χ1) is 14.0. The molecule has 9 heteroatoms. The molecule has 3 heterocycles. The van der Waals surface area contributed by atoms with Crippen LogP contribution in [0, 0.1) is 0 Å². The Bertz CT molecular complexity index is 1080. The van der Waals surface area contributed by atoms with Gasteiger partial charge >= 0.3 is 5.69 Å². The summed E-state index contributed by atoms with van der Waals surface area (Å²) in [4.78, 5) is 25.1. The number of amides is 1. The van der Waals surface area contributed by atoms with Crippen LogP contribution in [0.25, 0.3) is 0 Å². The predicted octanol–water partition coefficient (Wildman–Crippen LogP) is 2.48. The zero-order valence-electron chi connectivity index (χ0n) is 15.9. The van der Waals surface area contributed by atoms with Crippen molar-refractivity contribution in [3.05, 3.63) is 69.3 Å². The van der Waals surface area contributed by atoms with Crippen molar-refractivity contribution in [2.24, 2.45) is 0 Å². The molecule has 1 aliphatic rings. The molecule has 0 fully saturated rings. The minimum absolute atomic E-state index is 0.0701. The normalized spacial score (nSPS) is 16.1. The molecule has 4 rings (SSSR count). The lowest BCUT2D eigenvalue weighted by Crippen LogP contribution is -2.35. The average Bonchev–Trinajstić information content (AvgIpc) is 3.21. The van der Waals surface area contributed by atoms with E-state index in [4.69, 9.17) is 20.8 Å². The summed E-state index contributed by atoms with van der Waals surface area (Å²) in [6.45, 7) is 0.881. The number of halogens is 1. The lowest BCUT2D eigenvalue weighted by molar-refractivity contribution is 0.0905. The first-order valence-corrected chi connectivity index (χ1v) is 9.77. The molecule has 152 valence electrons. The summed E-state index contributed by atoms with van der Waals surface area (Å²) in [5.74, 6) is 1.35. The number of furan rings is 1. The smallest absolute Gasteiger partial charge is 0.346 e. The SMILES string of the molecule is COc1cccc(Cn2nc3n(c2=O)CCC(NC(=O)c2ccc(Cl)o2)CC3)c1. The Hall–Kier alpha value is -3.00. The zero-order chi connectivity index (χ0) is 20.4. The summed E-state index contributed by atoms with van der Waals surface area (Å²) in [7, 11) is 1.61. The molecule has 0 bridgehead atoms. The van der Waals surface area contributed by atoms with E-state index >= 15 is 0 Å². The van der Waals surface area contributed by atoms with Gasteiger partial charge in [-0.1, -0.05) is 12.1 Å². The number of nitrogens with one attached hydrogen (secondary N) is 1. The third kappa shape index (κ3) is 4.22. The fourth-order valence-corrected chi connectivity index (χ4v) is 3.66. The number of carbonyl (C=O) groups excluding carboxylic acids is 1. The quantitative estimate of drug-likeness (QED) is 0.690. The Kier molecular flexibility index (Phi) is 5.44. The van der Waals surface area contributed by atoms with Gasteiger partial charge in [-0.3, -0.25) is 9.36 Å². The minimum Gasteiger partial charge on any atom is -0.497 e. The van der Waals surface area contributed by atoms with Gasteiger partial charge in [0.05, 0.1) is 13.7 Å². The van der Waals surface area contributed by atoms with E-state index in [2.05, 4.69) is 10.4 Å². The van der Waals surface area contributed by atoms with Crippen LogP contribution >= 0.6 is 11.6 Å². The molecule has 2 aromatic heterocycles. The summed E-state index contributed by atoms with van der Waals surface area (Å²) in [5.41, 5.74) is 0.801. The first kappa shape index (κ1) is 19.3. The Labute approximate surface area is 172 Å². The van der Waals surface area contributed by atoms with Crippen LogP contribution in [0.4, 0.5) is 0 Å². The molecular weight excluding hydrogens is 396 g/mol. The number of nitrogens with zero attached hydrogens (tertiary/aromatic N) is 3. The van der Waals surface area contributed by atoms with Gasteiger partial charge in [-0.2, -0.15) is 5.10 Å². The van der Waals surface area contributed by atoms with Crippen LogP contribution in [-0.4, -0.2) is 33.4 Å². The lowest BCUT2D eigenvalue weighted by Gasteiger charge is -2.14. The van der Waals surface area contributed by atoms with Gasteiger partial charge in [-0.25, -0.2) is 9.48 Å². The van der Waals surface area contributed by atoms with Gasteiger partial charge < -0.3 is 14.5 Å². The van der Waals surface area contributed by atoms with Crippen LogP contribution in [0.2, 0.25) is 5.22 Å². The lowest BCUT2D eigenvalue weighted by atomic mass is 10.1. The molecule has 1 atom stereocenters. The maximum atomic E-state index is 12.8. The van der Waals surface area contributed by atoms with Crippen molar-refractivity contribution in [3.63, 3.8) is 0 Å². The van der Waals surface area contributed by atoms with Crippen LogP contribution in [0.3, 0.4) is 0 Å². The molecule has 3 aromatic rings. The van der Waals surface area contributed by atoms with Crippen molar-refractivity contribution in [3.8, 4) is 5.75 Å². The second-order valence-corrected chi connectivity index (χ2v) is 7.33. The summed E-state index contributed by atoms with van der Waals surface area (Å²) in [6, 6.07) is 10.6. The second kappa shape index (κ2) is 8.16. The topological polar surface area (TPSA) is 91.3 Å². The van der Waals surface area contributed by atoms with Crippen LogP contribution in [0.15, 0.2) is 45.6 Å². The summed E-state index contributed by atoms with van der Waals surface area (Å²) >= 11 is 5.72. The highest BCUT2D eigenvalue weighted by Crippen LogP contribution is 2.17. The van der Waals surface area contributed by atoms with Gasteiger partial charge in [0.25, 0.3) is 5.91 Å². The van der Waals surface area contributed by atoms with E-state index in [1.807, 2.05) is 24.3 Å². The third-order valence-corrected chi connectivity index (χ3v) is 5.22. The van der Waals surface area contributed by atoms with Crippen LogP contribution in [0.1, 0.15) is 34.8 Å². The number of fused-ring (bicyclic) bond motifs is 1. The monoisotopic (exact) mass is 416 g/mol. The summed E-state index contributed by atoms with van der Waals surface area (Å²) in [5, 5.41) is 7.63. The Balaban J connectivity index is 1.43. The number of aromatic nitrogens is 3. The maximum absolute atomic E-state index is 12.8. The number of aryl methyl sites for hydroxylation is 1. The van der Waals surface area contributed by atoms with Crippen LogP contribution in [-0.2, 0) is 19.5 Å². The Morgan fingerprint density at radius 2 is 2.21 bits per heavy atom. The molecule has 0 saturated heterocycles. The van der Waals surface area contributed by atoms with Gasteiger partial charge in [0.15, 0.2) is 11.0 Å². The van der Waals surface area contributed by atoms with E-state index in [9.17, 15) is 9.59 Å². The van der Waals surface area contributed by atoms with Gasteiger partial charge in [0.2, 0.25) is 0 Å². The molecule has 8 nitrogen and oxygen atoms in total. The highest BCUT2D eigenvalue weighted by Gasteiger charge is 2.23. The number of hydrogen-bond acceptors (Lipinski definition) is 5. The highest BCUT2D eigenvalue weighted by atomic mass is 35.5. The van der Waals surface area contributed by atoms with Crippen molar-refractivity contribution >= 4 is 17.5 Å². The number of carbonyl (C=O) groups is 1. The highest BCUT2D eigenvalue weighted by molar-refractivity contribution is 6.29. The fraction of sp³-hybridized carbons (Fsp3) is 0.350. The standard InChI is InChI=1S/C20H21ClN4O4/c1-28-15-4-2-3-13(11-15)12-25-20(27)24-10-9-14(5-8-18(24)23-25)22-19(26)16-6-7-17(21)29-16/h2-4,6-7,11,14H,5,8-10,12H2,1H3,(H,22,26). The van der Waals surface area contributed by atoms with E-state index in [1.54, 1.807) is 11.7 Å². The molecule has 0 saturated carbocycles. The molecule has 0 aliphatic carbocycles. The first-order valence-electron chi connectivity index (χ1n) is 9.39. The number of ether oxygens (including phenoxy) is 1. The van der Waals surface area contributed by atoms with E-state index in [0.29, 0.717) is 32.4 Å². The van der Waals surface area contributed by atoms with Crippen LogP contribution < -0.4 is 15.7 Å². The molecule has 29 heavy (non-hydrogen) atoms. The van der Waals surface area contributed by atoms with Gasteiger partial charge in [0, 0.05) is 19.0 Å². The van der Waals surface area contributed by atoms with Crippen molar-refractivity contribution < 1.29 is 13.9 Å². The molecule has 1 aromatic carbocycles. The van der Waals surface area contributed by atoms with Gasteiger partial charge in [0.1, 0.15) is 11.6 Å². The summed E-state index contributed by atoms with van der Waals surface area (Å²) < 4.78 is 13.6. The molecule has 1 N–H and O–H groups in total. The minimum atomic E-state index is -0.308. The van der Waals surface area contributed by atoms with Crippen molar-refractivity contribution in [1.82, 2.24) is 19.7 Å². The van der Waals surface area contributed by atoms with E-state index < -0.39 is 0 Å². The van der Waals surface area contributed by atoms with Gasteiger partial charge in [-0.05, 0) is 54.3 Å². The summed E-state index contributed by atoms with van der Waals surface area (Å²) in [6.07, 6.45) is 1.93. The van der Waals surface area contributed by atoms with Gasteiger partial charge in [-0.15, -0.1) is 0 Å². The Morgan fingerprint density at radius 3 is 2.97 bits per heavy atom. The average molecular weight is 417 g/mol. The number of hydrogen-bond donors (Lipinski definition) is 1. The third-order valence-electron chi connectivity index (χ3n) is 5.02. The molecular formula is C20H21ClN4O4. The molecule has 1 amide bonds. The number of rotatable bonds is 5. The largest absolute Gasteiger partial charge is 0.497 e. The number of benzene rings is 1. The van der Waals surface area contributed by atoms with Crippen LogP contribution in [0.5, 0.6) is 5.75 Å². The van der Waals surface area contributed by atoms with Crippen molar-refractivity contribution in [2.75, 3.05) is 7.11 Å². The molecule has 0 radical (unpaired) electrons. The van der Waals surface area contributed by atoms with E-state index in [-0.39, 0.29) is 28.6 Å². The van der Waals surface area contributed by atoms with Crippen molar-refractivity contribution in [2.45, 2.75) is 38.4 Å². The van der Waals surface area contributed by atoms with E-state index in [0.717, 1.165) is 17.1 Å². The second-order valence-electron chi connectivity index (χ2n) is 6.96. The zero-order valence-corrected chi connectivity index (χ0v) is 16.7.